The first-order valence-corrected chi connectivity index (χ1v) is 10.7. The van der Waals surface area contributed by atoms with Gasteiger partial charge in [0.2, 0.25) is 10.0 Å². The van der Waals surface area contributed by atoms with E-state index in [0.717, 1.165) is 6.07 Å². The van der Waals surface area contributed by atoms with E-state index < -0.39 is 21.4 Å². The molecule has 1 aromatic heterocycles. The normalized spacial score (nSPS) is 23.4. The highest BCUT2D eigenvalue weighted by Gasteiger charge is 2.31. The number of rotatable bonds is 4. The standard InChI is InChI=1S/C18H19Cl2FN2O3S/c1-18(24)6-4-12(5-7-18)23-27(25,26)13-2-3-14(16(21)9-13)17-15(20)8-11(19)10-22-17/h2-3,8-10,12,23-24H,4-7H2,1H3. The summed E-state index contributed by atoms with van der Waals surface area (Å²) in [4.78, 5) is 3.84. The zero-order valence-corrected chi connectivity index (χ0v) is 16.9. The molecule has 5 nitrogen and oxygen atoms in total. The van der Waals surface area contributed by atoms with E-state index in [9.17, 15) is 17.9 Å². The minimum Gasteiger partial charge on any atom is -0.390 e. The molecule has 1 aliphatic rings. The molecule has 9 heteroatoms. The van der Waals surface area contributed by atoms with Crippen LogP contribution in [0.3, 0.4) is 0 Å². The van der Waals surface area contributed by atoms with Crippen molar-refractivity contribution < 1.29 is 17.9 Å². The molecule has 3 rings (SSSR count). The average molecular weight is 433 g/mol. The monoisotopic (exact) mass is 432 g/mol. The van der Waals surface area contributed by atoms with Crippen LogP contribution in [0, 0.1) is 5.82 Å². The Kier molecular flexibility index (Phi) is 5.80. The number of hydrogen-bond acceptors (Lipinski definition) is 4. The van der Waals surface area contributed by atoms with Crippen molar-refractivity contribution in [3.8, 4) is 11.3 Å². The Hall–Kier alpha value is -1.25. The van der Waals surface area contributed by atoms with Crippen molar-refractivity contribution in [2.45, 2.75) is 49.1 Å². The van der Waals surface area contributed by atoms with Gasteiger partial charge in [0.05, 0.1) is 26.2 Å². The highest BCUT2D eigenvalue weighted by Crippen LogP contribution is 2.32. The van der Waals surface area contributed by atoms with Crippen LogP contribution in [0.2, 0.25) is 10.0 Å². The van der Waals surface area contributed by atoms with Crippen LogP contribution in [-0.4, -0.2) is 30.2 Å². The molecule has 0 spiro atoms. The van der Waals surface area contributed by atoms with Crippen LogP contribution < -0.4 is 4.72 Å². The van der Waals surface area contributed by atoms with Gasteiger partial charge in [-0.3, -0.25) is 4.98 Å². The maximum absolute atomic E-state index is 14.6. The summed E-state index contributed by atoms with van der Waals surface area (Å²) in [5.74, 6) is -0.749. The summed E-state index contributed by atoms with van der Waals surface area (Å²) >= 11 is 11.8. The summed E-state index contributed by atoms with van der Waals surface area (Å²) in [6.45, 7) is 1.74. The molecule has 146 valence electrons. The lowest BCUT2D eigenvalue weighted by molar-refractivity contribution is 0.0163. The number of aliphatic hydroxyl groups is 1. The first-order chi connectivity index (χ1) is 12.6. The fourth-order valence-corrected chi connectivity index (χ4v) is 4.91. The molecule has 2 N–H and O–H groups in total. The predicted molar refractivity (Wildman–Crippen MR) is 103 cm³/mol. The van der Waals surface area contributed by atoms with Gasteiger partial charge in [-0.1, -0.05) is 23.2 Å². The smallest absolute Gasteiger partial charge is 0.240 e. The molecule has 1 aromatic carbocycles. The molecule has 1 heterocycles. The number of nitrogens with zero attached hydrogens (tertiary/aromatic N) is 1. The molecule has 0 aliphatic heterocycles. The van der Waals surface area contributed by atoms with E-state index in [1.54, 1.807) is 6.92 Å². The van der Waals surface area contributed by atoms with Crippen molar-refractivity contribution in [2.24, 2.45) is 0 Å². The molecular weight excluding hydrogens is 414 g/mol. The number of sulfonamides is 1. The molecule has 1 aliphatic carbocycles. The van der Waals surface area contributed by atoms with Gasteiger partial charge in [0, 0.05) is 17.8 Å². The van der Waals surface area contributed by atoms with Gasteiger partial charge >= 0.3 is 0 Å². The Balaban J connectivity index is 1.82. The van der Waals surface area contributed by atoms with Crippen molar-refractivity contribution in [3.05, 3.63) is 46.3 Å². The number of benzene rings is 1. The number of hydrogen-bond donors (Lipinski definition) is 2. The lowest BCUT2D eigenvalue weighted by Gasteiger charge is -2.33. The summed E-state index contributed by atoms with van der Waals surface area (Å²) in [6.07, 6.45) is 3.41. The van der Waals surface area contributed by atoms with Gasteiger partial charge in [-0.2, -0.15) is 0 Å². The average Bonchev–Trinajstić information content (AvgIpc) is 2.57. The van der Waals surface area contributed by atoms with Gasteiger partial charge in [0.1, 0.15) is 5.82 Å². The lowest BCUT2D eigenvalue weighted by atomic mass is 9.84. The van der Waals surface area contributed by atoms with Gasteiger partial charge in [-0.25, -0.2) is 17.5 Å². The van der Waals surface area contributed by atoms with Gasteiger partial charge in [0.25, 0.3) is 0 Å². The van der Waals surface area contributed by atoms with Crippen molar-refractivity contribution in [1.29, 1.82) is 0 Å². The second-order valence-corrected chi connectivity index (χ2v) is 9.58. The van der Waals surface area contributed by atoms with Gasteiger partial charge in [-0.15, -0.1) is 0 Å². The number of pyridine rings is 1. The molecule has 0 amide bonds. The molecule has 27 heavy (non-hydrogen) atoms. The third-order valence-electron chi connectivity index (χ3n) is 4.70. The minimum atomic E-state index is -3.88. The maximum atomic E-state index is 14.6. The Morgan fingerprint density at radius 1 is 1.26 bits per heavy atom. The lowest BCUT2D eigenvalue weighted by Crippen LogP contribution is -2.42. The van der Waals surface area contributed by atoms with Crippen LogP contribution in [0.15, 0.2) is 35.4 Å². The van der Waals surface area contributed by atoms with Crippen molar-refractivity contribution >= 4 is 33.2 Å². The van der Waals surface area contributed by atoms with Crippen molar-refractivity contribution in [2.75, 3.05) is 0 Å². The largest absolute Gasteiger partial charge is 0.390 e. The Bertz CT molecular complexity index is 957. The zero-order chi connectivity index (χ0) is 19.8. The molecule has 0 bridgehead atoms. The van der Waals surface area contributed by atoms with Gasteiger partial charge in [-0.05, 0) is 56.9 Å². The summed E-state index contributed by atoms with van der Waals surface area (Å²) in [6, 6.07) is 4.74. The van der Waals surface area contributed by atoms with E-state index >= 15 is 0 Å². The highest BCUT2D eigenvalue weighted by atomic mass is 35.5. The Morgan fingerprint density at radius 2 is 1.93 bits per heavy atom. The van der Waals surface area contributed by atoms with Crippen molar-refractivity contribution in [1.82, 2.24) is 9.71 Å². The van der Waals surface area contributed by atoms with Crippen LogP contribution in [0.4, 0.5) is 4.39 Å². The van der Waals surface area contributed by atoms with Gasteiger partial charge < -0.3 is 5.11 Å². The van der Waals surface area contributed by atoms with Gasteiger partial charge in [0.15, 0.2) is 0 Å². The van der Waals surface area contributed by atoms with Crippen LogP contribution in [-0.2, 0) is 10.0 Å². The fraction of sp³-hybridized carbons (Fsp3) is 0.389. The second-order valence-electron chi connectivity index (χ2n) is 7.02. The molecule has 1 fully saturated rings. The molecule has 0 saturated heterocycles. The maximum Gasteiger partial charge on any atom is 0.240 e. The Morgan fingerprint density at radius 3 is 2.52 bits per heavy atom. The van der Waals surface area contributed by atoms with E-state index in [-0.39, 0.29) is 27.2 Å². The number of aromatic nitrogens is 1. The molecule has 0 unspecified atom stereocenters. The van der Waals surface area contributed by atoms with Crippen LogP contribution in [0.25, 0.3) is 11.3 Å². The van der Waals surface area contributed by atoms with Crippen LogP contribution >= 0.6 is 23.2 Å². The summed E-state index contributed by atoms with van der Waals surface area (Å²) < 4.78 is 42.3. The quantitative estimate of drug-likeness (QED) is 0.759. The molecule has 2 aromatic rings. The van der Waals surface area contributed by atoms with E-state index in [1.807, 2.05) is 0 Å². The van der Waals surface area contributed by atoms with E-state index in [0.29, 0.717) is 30.7 Å². The first-order valence-electron chi connectivity index (χ1n) is 8.43. The first kappa shape index (κ1) is 20.5. The van der Waals surface area contributed by atoms with E-state index in [1.165, 1.54) is 24.4 Å². The van der Waals surface area contributed by atoms with Crippen LogP contribution in [0.5, 0.6) is 0 Å². The topological polar surface area (TPSA) is 79.3 Å². The summed E-state index contributed by atoms with van der Waals surface area (Å²) in [7, 11) is -3.88. The Labute approximate surface area is 167 Å². The third kappa shape index (κ3) is 4.78. The highest BCUT2D eigenvalue weighted by molar-refractivity contribution is 7.89. The predicted octanol–water partition coefficient (Wildman–Crippen LogP) is 4.17. The summed E-state index contributed by atoms with van der Waals surface area (Å²) in [5, 5.41) is 10.5. The zero-order valence-electron chi connectivity index (χ0n) is 14.5. The minimum absolute atomic E-state index is 0.0873. The fourth-order valence-electron chi connectivity index (χ4n) is 3.11. The van der Waals surface area contributed by atoms with E-state index in [2.05, 4.69) is 9.71 Å². The molecular formula is C18H19Cl2FN2O3S. The van der Waals surface area contributed by atoms with Crippen LogP contribution in [0.1, 0.15) is 32.6 Å². The molecule has 1 saturated carbocycles. The summed E-state index contributed by atoms with van der Waals surface area (Å²) in [5.41, 5.74) is -0.491. The number of halogens is 3. The second kappa shape index (κ2) is 7.64. The van der Waals surface area contributed by atoms with E-state index in [4.69, 9.17) is 23.2 Å². The third-order valence-corrected chi connectivity index (χ3v) is 6.71. The molecule has 0 atom stereocenters. The number of nitrogens with one attached hydrogen (secondary N) is 1. The molecule has 0 radical (unpaired) electrons. The SMILES string of the molecule is CC1(O)CCC(NS(=O)(=O)c2ccc(-c3ncc(Cl)cc3Cl)c(F)c2)CC1. The van der Waals surface area contributed by atoms with Crippen molar-refractivity contribution in [3.63, 3.8) is 0 Å².